The van der Waals surface area contributed by atoms with E-state index in [0.29, 0.717) is 29.9 Å². The summed E-state index contributed by atoms with van der Waals surface area (Å²) in [5.74, 6) is -2.87. The Bertz CT molecular complexity index is 1310. The van der Waals surface area contributed by atoms with E-state index in [9.17, 15) is 26.4 Å². The molecule has 1 fully saturated rings. The minimum absolute atomic E-state index is 0.108. The highest BCUT2D eigenvalue weighted by Crippen LogP contribution is 2.31. The van der Waals surface area contributed by atoms with E-state index in [2.05, 4.69) is 14.9 Å². The summed E-state index contributed by atoms with van der Waals surface area (Å²) >= 11 is 0. The Morgan fingerprint density at radius 2 is 1.66 bits per heavy atom. The maximum absolute atomic E-state index is 13.4. The molecule has 1 aliphatic heterocycles. The van der Waals surface area contributed by atoms with E-state index in [1.165, 1.54) is 0 Å². The third-order valence-electron chi connectivity index (χ3n) is 6.29. The van der Waals surface area contributed by atoms with Gasteiger partial charge in [0.25, 0.3) is 15.9 Å². The molecule has 41 heavy (non-hydrogen) atoms. The molecule has 1 aliphatic rings. The van der Waals surface area contributed by atoms with Crippen LogP contribution >= 0.6 is 0 Å². The van der Waals surface area contributed by atoms with Crippen LogP contribution < -0.4 is 14.9 Å². The predicted octanol–water partition coefficient (Wildman–Crippen LogP) is 3.17. The van der Waals surface area contributed by atoms with E-state index in [0.717, 1.165) is 44.0 Å². The quantitative estimate of drug-likeness (QED) is 0.401. The summed E-state index contributed by atoms with van der Waals surface area (Å²) in [6, 6.07) is 10.6. The van der Waals surface area contributed by atoms with Crippen LogP contribution in [0.4, 0.5) is 24.5 Å². The topological polar surface area (TPSA) is 122 Å². The third kappa shape index (κ3) is 9.90. The molecule has 0 bridgehead atoms. The van der Waals surface area contributed by atoms with Gasteiger partial charge in [-0.05, 0) is 64.7 Å². The average Bonchev–Trinajstić information content (AvgIpc) is 2.88. The smallest absolute Gasteiger partial charge is 0.475 e. The van der Waals surface area contributed by atoms with Gasteiger partial charge < -0.3 is 25.1 Å². The van der Waals surface area contributed by atoms with Crippen LogP contribution in [-0.4, -0.2) is 101 Å². The van der Waals surface area contributed by atoms with Crippen LogP contribution in [0.2, 0.25) is 0 Å². The number of alkyl halides is 3. The minimum Gasteiger partial charge on any atom is -0.475 e. The van der Waals surface area contributed by atoms with Gasteiger partial charge in [-0.15, -0.1) is 0 Å². The normalized spacial score (nSPS) is 13.8. The van der Waals surface area contributed by atoms with Gasteiger partial charge in [-0.3, -0.25) is 9.52 Å². The van der Waals surface area contributed by atoms with Gasteiger partial charge in [-0.1, -0.05) is 17.7 Å². The van der Waals surface area contributed by atoms with Crippen molar-refractivity contribution in [2.24, 2.45) is 0 Å². The number of nitrogens with one attached hydrogen (secondary N) is 2. The van der Waals surface area contributed by atoms with E-state index in [4.69, 9.17) is 9.90 Å². The number of rotatable bonds is 9. The first-order chi connectivity index (χ1) is 19.1. The molecule has 0 spiro atoms. The fourth-order valence-electron chi connectivity index (χ4n) is 4.14. The number of aliphatic carboxylic acids is 1. The number of aryl methyl sites for hydroxylation is 2. The van der Waals surface area contributed by atoms with Gasteiger partial charge in [-0.25, -0.2) is 13.2 Å². The molecule has 0 radical (unpaired) electrons. The Morgan fingerprint density at radius 3 is 2.17 bits per heavy atom. The number of amides is 1. The fraction of sp³-hybridized carbons (Fsp3) is 0.481. The van der Waals surface area contributed by atoms with Crippen LogP contribution in [0.5, 0.6) is 0 Å². The molecule has 0 aliphatic carbocycles. The molecule has 10 nitrogen and oxygen atoms in total. The van der Waals surface area contributed by atoms with Crippen LogP contribution in [0.15, 0.2) is 41.3 Å². The molecule has 1 saturated heterocycles. The van der Waals surface area contributed by atoms with Crippen LogP contribution in [0.25, 0.3) is 0 Å². The second kappa shape index (κ2) is 14.5. The van der Waals surface area contributed by atoms with Crippen molar-refractivity contribution in [3.63, 3.8) is 0 Å². The number of nitrogens with zero attached hydrogens (tertiary/aromatic N) is 3. The van der Waals surface area contributed by atoms with Gasteiger partial charge >= 0.3 is 12.1 Å². The van der Waals surface area contributed by atoms with Gasteiger partial charge in [0, 0.05) is 51.4 Å². The van der Waals surface area contributed by atoms with Crippen molar-refractivity contribution < 1.29 is 36.3 Å². The molecule has 3 rings (SSSR count). The summed E-state index contributed by atoms with van der Waals surface area (Å²) < 4.78 is 61.3. The van der Waals surface area contributed by atoms with E-state index in [1.54, 1.807) is 36.1 Å². The molecule has 0 atom stereocenters. The van der Waals surface area contributed by atoms with Crippen molar-refractivity contribution in [3.05, 3.63) is 53.1 Å². The Kier molecular flexibility index (Phi) is 12.0. The molecule has 0 aromatic heterocycles. The Labute approximate surface area is 239 Å². The highest BCUT2D eigenvalue weighted by atomic mass is 32.2. The number of likely N-dealkylation sites (N-methyl/N-ethyl adjacent to an activating group) is 2. The Hall–Kier alpha value is -3.36. The van der Waals surface area contributed by atoms with Crippen LogP contribution in [0.3, 0.4) is 0 Å². The van der Waals surface area contributed by atoms with Gasteiger partial charge in [0.2, 0.25) is 0 Å². The number of benzene rings is 2. The largest absolute Gasteiger partial charge is 0.490 e. The number of carboxylic acids is 1. The maximum atomic E-state index is 13.4. The molecular formula is C27H38F3N5O5S. The zero-order valence-electron chi connectivity index (χ0n) is 23.9. The number of piperazine rings is 1. The van der Waals surface area contributed by atoms with Crippen molar-refractivity contribution in [2.75, 3.05) is 69.5 Å². The lowest BCUT2D eigenvalue weighted by Crippen LogP contribution is -2.44. The zero-order valence-corrected chi connectivity index (χ0v) is 24.7. The standard InChI is InChI=1S/C25H37N5O3S.C2HF3O2/c1-6-29(16-15-28(4)5)25(31)21-8-9-23(30-13-11-26-12-14-30)22(18-21)27-34(32,33)24-10-7-19(2)17-20(24)3;3-2(4,5)1(6)7/h7-10,17-18,26-27H,6,11-16H2,1-5H3;(H,6,7). The first kappa shape index (κ1) is 33.8. The van der Waals surface area contributed by atoms with Crippen LogP contribution in [0, 0.1) is 13.8 Å². The van der Waals surface area contributed by atoms with Crippen molar-refractivity contribution in [2.45, 2.75) is 31.8 Å². The Morgan fingerprint density at radius 1 is 1.05 bits per heavy atom. The number of carbonyl (C=O) groups excluding carboxylic acids is 1. The number of hydrogen-bond donors (Lipinski definition) is 3. The summed E-state index contributed by atoms with van der Waals surface area (Å²) in [4.78, 5) is 28.4. The van der Waals surface area contributed by atoms with Crippen LogP contribution in [0.1, 0.15) is 28.4 Å². The molecule has 1 amide bonds. The van der Waals surface area contributed by atoms with Crippen molar-refractivity contribution in [3.8, 4) is 0 Å². The first-order valence-electron chi connectivity index (χ1n) is 13.0. The molecule has 1 heterocycles. The number of anilines is 2. The van der Waals surface area contributed by atoms with E-state index >= 15 is 0 Å². The average molecular weight is 602 g/mol. The Balaban J connectivity index is 0.000000745. The lowest BCUT2D eigenvalue weighted by Gasteiger charge is -2.31. The van der Waals surface area contributed by atoms with Gasteiger partial charge in [-0.2, -0.15) is 13.2 Å². The summed E-state index contributed by atoms with van der Waals surface area (Å²) in [6.07, 6.45) is -5.08. The van der Waals surface area contributed by atoms with E-state index in [1.807, 2.05) is 45.0 Å². The lowest BCUT2D eigenvalue weighted by atomic mass is 10.1. The lowest BCUT2D eigenvalue weighted by molar-refractivity contribution is -0.192. The molecule has 228 valence electrons. The molecule has 2 aromatic carbocycles. The van der Waals surface area contributed by atoms with Crippen LogP contribution in [-0.2, 0) is 14.8 Å². The molecule has 0 saturated carbocycles. The molecule has 14 heteroatoms. The molecule has 0 unspecified atom stereocenters. The predicted molar refractivity (Wildman–Crippen MR) is 152 cm³/mol. The highest BCUT2D eigenvalue weighted by molar-refractivity contribution is 7.92. The summed E-state index contributed by atoms with van der Waals surface area (Å²) in [6.45, 7) is 10.8. The number of sulfonamides is 1. The van der Waals surface area contributed by atoms with E-state index < -0.39 is 22.2 Å². The first-order valence-corrected chi connectivity index (χ1v) is 14.5. The van der Waals surface area contributed by atoms with Gasteiger partial charge in [0.1, 0.15) is 0 Å². The number of carbonyl (C=O) groups is 2. The number of halogens is 3. The minimum atomic E-state index is -5.08. The van der Waals surface area contributed by atoms with Gasteiger partial charge in [0.15, 0.2) is 0 Å². The summed E-state index contributed by atoms with van der Waals surface area (Å²) in [5.41, 5.74) is 3.36. The number of hydrogen-bond acceptors (Lipinski definition) is 7. The summed E-state index contributed by atoms with van der Waals surface area (Å²) in [5, 5.41) is 10.4. The monoisotopic (exact) mass is 601 g/mol. The molecule has 2 aromatic rings. The van der Waals surface area contributed by atoms with Gasteiger partial charge in [0.05, 0.1) is 16.3 Å². The highest BCUT2D eigenvalue weighted by Gasteiger charge is 2.38. The van der Waals surface area contributed by atoms with E-state index in [-0.39, 0.29) is 10.8 Å². The van der Waals surface area contributed by atoms with Crippen molar-refractivity contribution in [1.29, 1.82) is 0 Å². The zero-order chi connectivity index (χ0) is 31.0. The third-order valence-corrected chi connectivity index (χ3v) is 7.82. The van der Waals surface area contributed by atoms with Crippen molar-refractivity contribution >= 4 is 33.3 Å². The molecule has 3 N–H and O–H groups in total. The SMILES string of the molecule is CCN(CCN(C)C)C(=O)c1ccc(N2CCNCC2)c(NS(=O)(=O)c2ccc(C)cc2C)c1.O=C(O)C(F)(F)F. The number of carboxylic acid groups (broad SMARTS) is 1. The second-order valence-corrected chi connectivity index (χ2v) is 11.5. The maximum Gasteiger partial charge on any atom is 0.490 e. The second-order valence-electron chi connectivity index (χ2n) is 9.83. The summed E-state index contributed by atoms with van der Waals surface area (Å²) in [7, 11) is 0.110. The fourth-order valence-corrected chi connectivity index (χ4v) is 5.43. The molecular weight excluding hydrogens is 563 g/mol. The van der Waals surface area contributed by atoms with Crippen molar-refractivity contribution in [1.82, 2.24) is 15.1 Å².